The second kappa shape index (κ2) is 6.80. The monoisotopic (exact) mass is 408 g/mol. The minimum atomic E-state index is -0.520. The molecule has 2 aliphatic heterocycles. The molecule has 152 valence electrons. The summed E-state index contributed by atoms with van der Waals surface area (Å²) in [6.45, 7) is 0.182. The van der Waals surface area contributed by atoms with Gasteiger partial charge in [-0.05, 0) is 29.3 Å². The second-order valence-corrected chi connectivity index (χ2v) is 8.03. The zero-order valence-corrected chi connectivity index (χ0v) is 16.7. The lowest BCUT2D eigenvalue weighted by Crippen LogP contribution is -2.44. The number of carbonyl (C=O) groups excluding carboxylic acids is 2. The lowest BCUT2D eigenvalue weighted by Gasteiger charge is -2.36. The van der Waals surface area contributed by atoms with Gasteiger partial charge in [0.2, 0.25) is 0 Å². The first-order valence-corrected chi connectivity index (χ1v) is 10.4. The van der Waals surface area contributed by atoms with Crippen molar-refractivity contribution in [2.24, 2.45) is 0 Å². The molecule has 0 bridgehead atoms. The summed E-state index contributed by atoms with van der Waals surface area (Å²) >= 11 is 0. The predicted octanol–water partition coefficient (Wildman–Crippen LogP) is 4.04. The van der Waals surface area contributed by atoms with E-state index in [0.29, 0.717) is 12.1 Å². The maximum Gasteiger partial charge on any atom is 0.328 e. The Balaban J connectivity index is 1.49. The largest absolute Gasteiger partial charge is 0.356 e. The summed E-state index contributed by atoms with van der Waals surface area (Å²) in [6, 6.07) is 22.4. The molecule has 1 N–H and O–H groups in total. The molecule has 0 radical (unpaired) electrons. The van der Waals surface area contributed by atoms with Gasteiger partial charge in [0.05, 0.1) is 12.2 Å². The van der Waals surface area contributed by atoms with Gasteiger partial charge < -0.3 is 4.98 Å². The van der Waals surface area contributed by atoms with Crippen LogP contribution in [0.4, 0.5) is 4.79 Å². The van der Waals surface area contributed by atoms with Gasteiger partial charge in [-0.25, -0.2) is 4.79 Å². The van der Waals surface area contributed by atoms with Gasteiger partial charge in [-0.1, -0.05) is 54.6 Å². The number of H-pyrrole nitrogens is 1. The van der Waals surface area contributed by atoms with Gasteiger partial charge in [-0.2, -0.15) is 0 Å². The molecule has 31 heavy (non-hydrogen) atoms. The molecule has 1 saturated heterocycles. The Morgan fingerprint density at radius 2 is 1.71 bits per heavy atom. The van der Waals surface area contributed by atoms with Crippen molar-refractivity contribution >= 4 is 22.8 Å². The van der Waals surface area contributed by atoms with Gasteiger partial charge in [0.1, 0.15) is 12.1 Å². The van der Waals surface area contributed by atoms with Crippen LogP contribution < -0.4 is 0 Å². The minimum Gasteiger partial charge on any atom is -0.356 e. The number of amides is 3. The number of carbonyl (C=O) groups is 2. The summed E-state index contributed by atoms with van der Waals surface area (Å²) in [5.74, 6) is -0.160. The topological polar surface area (TPSA) is 69.3 Å². The van der Waals surface area contributed by atoms with Crippen LogP contribution in [0.15, 0.2) is 79.0 Å². The van der Waals surface area contributed by atoms with Crippen molar-refractivity contribution < 1.29 is 9.59 Å². The number of aromatic nitrogens is 2. The molecule has 2 aliphatic rings. The van der Waals surface area contributed by atoms with E-state index in [2.05, 4.69) is 16.0 Å². The normalized spacial score (nSPS) is 20.3. The van der Waals surface area contributed by atoms with E-state index < -0.39 is 6.04 Å². The molecule has 4 heterocycles. The average Bonchev–Trinajstić information content (AvgIpc) is 3.30. The predicted molar refractivity (Wildman–Crippen MR) is 116 cm³/mol. The molecule has 6 nitrogen and oxygen atoms in total. The first kappa shape index (κ1) is 17.9. The van der Waals surface area contributed by atoms with Crippen molar-refractivity contribution in [3.05, 3.63) is 102 Å². The fourth-order valence-electron chi connectivity index (χ4n) is 4.91. The fraction of sp³-hybridized carbons (Fsp3) is 0.160. The number of nitrogens with zero attached hydrogens (tertiary/aromatic N) is 3. The van der Waals surface area contributed by atoms with Gasteiger partial charge >= 0.3 is 6.03 Å². The number of imide groups is 1. The van der Waals surface area contributed by atoms with E-state index >= 15 is 0 Å². The molecule has 2 unspecified atom stereocenters. The number of aromatic amines is 1. The number of hydrogen-bond donors (Lipinski definition) is 1. The highest BCUT2D eigenvalue weighted by molar-refractivity contribution is 6.05. The van der Waals surface area contributed by atoms with Crippen molar-refractivity contribution in [2.45, 2.75) is 25.0 Å². The summed E-state index contributed by atoms with van der Waals surface area (Å²) in [7, 11) is 0. The standard InChI is InChI=1S/C25H20N4O2/c30-24-21-14-19-18-11-4-5-12-20(18)27-22(19)23(16-8-2-1-3-9-16)29(21)25(31)28(24)15-17-10-6-7-13-26-17/h1-13,21,23,27H,14-15H2. The lowest BCUT2D eigenvalue weighted by atomic mass is 9.89. The highest BCUT2D eigenvalue weighted by Gasteiger charge is 2.52. The third-order valence-electron chi connectivity index (χ3n) is 6.30. The SMILES string of the molecule is O=C1C2Cc3c([nH]c4ccccc34)C(c3ccccc3)N2C(=O)N1Cc1ccccn1. The highest BCUT2D eigenvalue weighted by atomic mass is 16.2. The molecular formula is C25H20N4O2. The summed E-state index contributed by atoms with van der Waals surface area (Å²) in [5, 5.41) is 1.11. The third kappa shape index (κ3) is 2.68. The summed E-state index contributed by atoms with van der Waals surface area (Å²) < 4.78 is 0. The molecule has 1 fully saturated rings. The van der Waals surface area contributed by atoms with Gasteiger partial charge in [0.15, 0.2) is 0 Å². The van der Waals surface area contributed by atoms with Crippen molar-refractivity contribution in [1.82, 2.24) is 19.8 Å². The van der Waals surface area contributed by atoms with Crippen molar-refractivity contribution in [3.63, 3.8) is 0 Å². The second-order valence-electron chi connectivity index (χ2n) is 8.03. The zero-order valence-electron chi connectivity index (χ0n) is 16.7. The molecule has 0 saturated carbocycles. The van der Waals surface area contributed by atoms with Crippen molar-refractivity contribution in [2.75, 3.05) is 0 Å². The molecule has 6 heteroatoms. The van der Waals surface area contributed by atoms with Crippen LogP contribution >= 0.6 is 0 Å². The molecule has 2 aromatic carbocycles. The van der Waals surface area contributed by atoms with E-state index in [1.165, 1.54) is 4.90 Å². The van der Waals surface area contributed by atoms with E-state index in [-0.39, 0.29) is 24.5 Å². The minimum absolute atomic E-state index is 0.160. The van der Waals surface area contributed by atoms with Gasteiger partial charge in [-0.15, -0.1) is 0 Å². The van der Waals surface area contributed by atoms with Crippen LogP contribution in [0.3, 0.4) is 0 Å². The Morgan fingerprint density at radius 3 is 2.52 bits per heavy atom. The van der Waals surface area contributed by atoms with E-state index in [1.54, 1.807) is 11.1 Å². The number of nitrogens with one attached hydrogen (secondary N) is 1. The lowest BCUT2D eigenvalue weighted by molar-refractivity contribution is -0.129. The van der Waals surface area contributed by atoms with E-state index in [0.717, 1.165) is 27.7 Å². The average molecular weight is 408 g/mol. The van der Waals surface area contributed by atoms with Crippen molar-refractivity contribution in [1.29, 1.82) is 0 Å². The Morgan fingerprint density at radius 1 is 0.935 bits per heavy atom. The molecular weight excluding hydrogens is 388 g/mol. The van der Waals surface area contributed by atoms with Crippen LogP contribution in [0.1, 0.15) is 28.6 Å². The Hall–Kier alpha value is -3.93. The fourth-order valence-corrected chi connectivity index (χ4v) is 4.91. The first-order chi connectivity index (χ1) is 15.2. The van der Waals surface area contributed by atoms with Crippen molar-refractivity contribution in [3.8, 4) is 0 Å². The Bertz CT molecular complexity index is 1300. The maximum atomic E-state index is 13.6. The number of fused-ring (bicyclic) bond motifs is 4. The number of urea groups is 1. The number of para-hydroxylation sites is 1. The number of pyridine rings is 1. The summed E-state index contributed by atoms with van der Waals surface area (Å²) in [4.78, 5) is 37.9. The molecule has 2 aromatic heterocycles. The molecule has 2 atom stereocenters. The quantitative estimate of drug-likeness (QED) is 0.520. The molecule has 3 amide bonds. The maximum absolute atomic E-state index is 13.6. The third-order valence-corrected chi connectivity index (χ3v) is 6.30. The van der Waals surface area contributed by atoms with Gasteiger partial charge in [-0.3, -0.25) is 19.6 Å². The Kier molecular flexibility index (Phi) is 3.93. The zero-order chi connectivity index (χ0) is 20.9. The number of hydrogen-bond acceptors (Lipinski definition) is 3. The number of benzene rings is 2. The van der Waals surface area contributed by atoms with Gasteiger partial charge in [0, 0.05) is 29.2 Å². The van der Waals surface area contributed by atoms with E-state index in [1.807, 2.05) is 66.7 Å². The highest BCUT2D eigenvalue weighted by Crippen LogP contribution is 2.44. The summed E-state index contributed by atoms with van der Waals surface area (Å²) in [6.07, 6.45) is 2.18. The van der Waals surface area contributed by atoms with Crippen LogP contribution in [0.25, 0.3) is 10.9 Å². The van der Waals surface area contributed by atoms with Crippen LogP contribution in [-0.2, 0) is 17.8 Å². The first-order valence-electron chi connectivity index (χ1n) is 10.4. The van der Waals surface area contributed by atoms with Gasteiger partial charge in [0.25, 0.3) is 5.91 Å². The smallest absolute Gasteiger partial charge is 0.328 e. The Labute approximate surface area is 179 Å². The van der Waals surface area contributed by atoms with E-state index in [4.69, 9.17) is 0 Å². The molecule has 4 aromatic rings. The van der Waals surface area contributed by atoms with Crippen LogP contribution in [0, 0.1) is 0 Å². The van der Waals surface area contributed by atoms with Crippen LogP contribution in [-0.4, -0.2) is 37.7 Å². The number of rotatable bonds is 3. The van der Waals surface area contributed by atoms with Crippen LogP contribution in [0.5, 0.6) is 0 Å². The molecule has 6 rings (SSSR count). The molecule has 0 aliphatic carbocycles. The summed E-state index contributed by atoms with van der Waals surface area (Å²) in [5.41, 5.74) is 4.82. The van der Waals surface area contributed by atoms with Crippen LogP contribution in [0.2, 0.25) is 0 Å². The van der Waals surface area contributed by atoms with E-state index in [9.17, 15) is 9.59 Å². The molecule has 0 spiro atoms.